The number of hydrogen-bond acceptors (Lipinski definition) is 5. The number of H-pyrrole nitrogens is 1. The second kappa shape index (κ2) is 5.55. The molecule has 1 amide bonds. The normalized spacial score (nSPS) is 10.4. The molecule has 0 radical (unpaired) electrons. The predicted molar refractivity (Wildman–Crippen MR) is 63.3 cm³/mol. The van der Waals surface area contributed by atoms with Crippen LogP contribution in [0.15, 0.2) is 16.0 Å². The third-order valence-corrected chi connectivity index (χ3v) is 2.40. The molecule has 1 aromatic heterocycles. The molecule has 88 valence electrons. The zero-order valence-corrected chi connectivity index (χ0v) is 9.93. The van der Waals surface area contributed by atoms with E-state index in [1.165, 1.54) is 6.07 Å². The van der Waals surface area contributed by atoms with Gasteiger partial charge in [-0.3, -0.25) is 9.59 Å². The van der Waals surface area contributed by atoms with E-state index < -0.39 is 0 Å². The minimum Gasteiger partial charge on any atom is -0.383 e. The van der Waals surface area contributed by atoms with E-state index in [0.29, 0.717) is 5.16 Å². The molecule has 0 saturated heterocycles. The van der Waals surface area contributed by atoms with E-state index in [-0.39, 0.29) is 29.1 Å². The van der Waals surface area contributed by atoms with E-state index in [0.717, 1.165) is 11.8 Å². The van der Waals surface area contributed by atoms with Crippen molar-refractivity contribution in [2.24, 2.45) is 0 Å². The van der Waals surface area contributed by atoms with E-state index in [1.54, 1.807) is 0 Å². The zero-order valence-electron chi connectivity index (χ0n) is 9.11. The molecule has 0 bridgehead atoms. The van der Waals surface area contributed by atoms with Crippen LogP contribution in [-0.4, -0.2) is 27.7 Å². The molecule has 4 N–H and O–H groups in total. The summed E-state index contributed by atoms with van der Waals surface area (Å²) in [5, 5.41) is 3.08. The van der Waals surface area contributed by atoms with E-state index in [2.05, 4.69) is 15.3 Å². The fourth-order valence-corrected chi connectivity index (χ4v) is 1.71. The molecule has 16 heavy (non-hydrogen) atoms. The number of amides is 1. The predicted octanol–water partition coefficient (Wildman–Crippen LogP) is -0.0312. The minimum absolute atomic E-state index is 0.0981. The van der Waals surface area contributed by atoms with Crippen LogP contribution in [0.1, 0.15) is 13.8 Å². The van der Waals surface area contributed by atoms with Gasteiger partial charge in [0.05, 0.1) is 5.75 Å². The Hall–Kier alpha value is -1.50. The van der Waals surface area contributed by atoms with Crippen molar-refractivity contribution in [3.05, 3.63) is 16.4 Å². The largest absolute Gasteiger partial charge is 0.383 e. The van der Waals surface area contributed by atoms with Crippen molar-refractivity contribution in [3.8, 4) is 0 Å². The molecular formula is C9H14N4O2S. The van der Waals surface area contributed by atoms with Gasteiger partial charge in [0.15, 0.2) is 5.16 Å². The van der Waals surface area contributed by atoms with Crippen LogP contribution in [0.25, 0.3) is 0 Å². The molecule has 0 atom stereocenters. The van der Waals surface area contributed by atoms with Gasteiger partial charge in [-0.1, -0.05) is 11.8 Å². The number of rotatable bonds is 4. The Morgan fingerprint density at radius 1 is 1.69 bits per heavy atom. The van der Waals surface area contributed by atoms with Gasteiger partial charge in [0.1, 0.15) is 5.82 Å². The molecule has 6 nitrogen and oxygen atoms in total. The summed E-state index contributed by atoms with van der Waals surface area (Å²) in [4.78, 5) is 28.7. The number of anilines is 1. The van der Waals surface area contributed by atoms with E-state index in [1.807, 2.05) is 13.8 Å². The lowest BCUT2D eigenvalue weighted by atomic mass is 10.4. The van der Waals surface area contributed by atoms with Gasteiger partial charge >= 0.3 is 0 Å². The first-order valence-corrected chi connectivity index (χ1v) is 5.75. The second-order valence-corrected chi connectivity index (χ2v) is 4.45. The third-order valence-electron chi connectivity index (χ3n) is 1.53. The summed E-state index contributed by atoms with van der Waals surface area (Å²) in [6.45, 7) is 3.76. The first-order chi connectivity index (χ1) is 7.47. The van der Waals surface area contributed by atoms with Crippen LogP contribution in [0.5, 0.6) is 0 Å². The van der Waals surface area contributed by atoms with Crippen LogP contribution >= 0.6 is 11.8 Å². The van der Waals surface area contributed by atoms with Crippen molar-refractivity contribution in [2.45, 2.75) is 25.0 Å². The monoisotopic (exact) mass is 242 g/mol. The van der Waals surface area contributed by atoms with Gasteiger partial charge in [0, 0.05) is 12.1 Å². The van der Waals surface area contributed by atoms with Gasteiger partial charge in [-0.05, 0) is 13.8 Å². The number of aromatic nitrogens is 2. The number of nitrogens with zero attached hydrogens (tertiary/aromatic N) is 1. The summed E-state index contributed by atoms with van der Waals surface area (Å²) in [5.41, 5.74) is 5.08. The van der Waals surface area contributed by atoms with Crippen molar-refractivity contribution in [1.29, 1.82) is 0 Å². The summed E-state index contributed by atoms with van der Waals surface area (Å²) >= 11 is 1.14. The average molecular weight is 242 g/mol. The maximum absolute atomic E-state index is 11.3. The Bertz CT molecular complexity index is 430. The van der Waals surface area contributed by atoms with Crippen LogP contribution in [0, 0.1) is 0 Å². The van der Waals surface area contributed by atoms with E-state index in [9.17, 15) is 9.59 Å². The molecule has 0 saturated carbocycles. The molecule has 0 aliphatic rings. The Balaban J connectivity index is 2.54. The van der Waals surface area contributed by atoms with Crippen molar-refractivity contribution in [2.75, 3.05) is 11.5 Å². The van der Waals surface area contributed by atoms with Crippen LogP contribution in [0.3, 0.4) is 0 Å². The number of nitrogens with one attached hydrogen (secondary N) is 2. The highest BCUT2D eigenvalue weighted by atomic mass is 32.2. The minimum atomic E-state index is -0.320. The van der Waals surface area contributed by atoms with Gasteiger partial charge in [-0.15, -0.1) is 0 Å². The smallest absolute Gasteiger partial charge is 0.253 e. The summed E-state index contributed by atoms with van der Waals surface area (Å²) in [5.74, 6) is 0.241. The van der Waals surface area contributed by atoms with Crippen LogP contribution in [0.4, 0.5) is 5.82 Å². The molecule has 1 rings (SSSR count). The summed E-state index contributed by atoms with van der Waals surface area (Å²) < 4.78 is 0. The van der Waals surface area contributed by atoms with E-state index >= 15 is 0 Å². The molecule has 0 aliphatic carbocycles. The molecule has 0 aliphatic heterocycles. The first-order valence-electron chi connectivity index (χ1n) is 4.76. The molecule has 1 aromatic rings. The Morgan fingerprint density at radius 3 is 2.94 bits per heavy atom. The van der Waals surface area contributed by atoms with Gasteiger partial charge in [0.2, 0.25) is 5.91 Å². The Kier molecular flexibility index (Phi) is 4.36. The number of nitrogen functional groups attached to an aromatic ring is 1. The second-order valence-electron chi connectivity index (χ2n) is 3.49. The van der Waals surface area contributed by atoms with Crippen molar-refractivity contribution in [1.82, 2.24) is 15.3 Å². The Labute approximate surface area is 97.0 Å². The van der Waals surface area contributed by atoms with Crippen molar-refractivity contribution >= 4 is 23.5 Å². The highest BCUT2D eigenvalue weighted by molar-refractivity contribution is 7.99. The van der Waals surface area contributed by atoms with Crippen LogP contribution < -0.4 is 16.6 Å². The lowest BCUT2D eigenvalue weighted by Gasteiger charge is -2.07. The molecular weight excluding hydrogens is 228 g/mol. The number of carbonyl (C=O) groups excluding carboxylic acids is 1. The standard InChI is InChI=1S/C9H14N4O2S/c1-5(2)11-8(15)4-16-9-12-6(10)3-7(14)13-9/h3,5H,4H2,1-2H3,(H,11,15)(H3,10,12,13,14). The van der Waals surface area contributed by atoms with Gasteiger partial charge in [-0.25, -0.2) is 4.98 Å². The van der Waals surface area contributed by atoms with Crippen LogP contribution in [-0.2, 0) is 4.79 Å². The van der Waals surface area contributed by atoms with Crippen molar-refractivity contribution in [3.63, 3.8) is 0 Å². The molecule has 0 aromatic carbocycles. The SMILES string of the molecule is CC(C)NC(=O)CSc1nc(N)cc(=O)[nH]1. The molecule has 0 spiro atoms. The van der Waals surface area contributed by atoms with E-state index in [4.69, 9.17) is 5.73 Å². The highest BCUT2D eigenvalue weighted by Gasteiger charge is 2.06. The first kappa shape index (κ1) is 12.6. The third kappa shape index (κ3) is 4.35. The molecule has 0 fully saturated rings. The maximum atomic E-state index is 11.3. The topological polar surface area (TPSA) is 101 Å². The summed E-state index contributed by atoms with van der Waals surface area (Å²) in [7, 11) is 0. The molecule has 7 heteroatoms. The maximum Gasteiger partial charge on any atom is 0.253 e. The van der Waals surface area contributed by atoms with Gasteiger partial charge in [-0.2, -0.15) is 0 Å². The summed E-state index contributed by atoms with van der Waals surface area (Å²) in [6.07, 6.45) is 0. The van der Waals surface area contributed by atoms with Crippen LogP contribution in [0.2, 0.25) is 0 Å². The Morgan fingerprint density at radius 2 is 2.38 bits per heavy atom. The average Bonchev–Trinajstić information content (AvgIpc) is 2.12. The number of thioether (sulfide) groups is 1. The summed E-state index contributed by atoms with van der Waals surface area (Å²) in [6, 6.07) is 1.29. The number of aromatic amines is 1. The lowest BCUT2D eigenvalue weighted by molar-refractivity contribution is -0.119. The van der Waals surface area contributed by atoms with Gasteiger partial charge < -0.3 is 16.0 Å². The number of carbonyl (C=O) groups is 1. The molecule has 1 heterocycles. The fourth-order valence-electron chi connectivity index (χ4n) is 1.02. The lowest BCUT2D eigenvalue weighted by Crippen LogP contribution is -2.31. The molecule has 0 unspecified atom stereocenters. The zero-order chi connectivity index (χ0) is 12.1. The quantitative estimate of drug-likeness (QED) is 0.508. The highest BCUT2D eigenvalue weighted by Crippen LogP contribution is 2.10. The number of hydrogen-bond donors (Lipinski definition) is 3. The fraction of sp³-hybridized carbons (Fsp3) is 0.444. The van der Waals surface area contributed by atoms with Crippen molar-refractivity contribution < 1.29 is 4.79 Å². The number of nitrogens with two attached hydrogens (primary N) is 1. The van der Waals surface area contributed by atoms with Gasteiger partial charge in [0.25, 0.3) is 5.56 Å².